The molecule has 2 aromatic carbocycles. The quantitative estimate of drug-likeness (QED) is 0.263. The fourth-order valence-corrected chi connectivity index (χ4v) is 5.75. The van der Waals surface area contributed by atoms with Crippen LogP contribution in [0.15, 0.2) is 86.1 Å². The molecule has 1 aliphatic heterocycles. The molecule has 1 aliphatic rings. The Bertz CT molecular complexity index is 1830. The Balaban J connectivity index is 1.54. The SMILES string of the molecule is CCOC(=O)C1=C(C)N=c2s/c(=C\c3ccc(-c4ccc(C(=O)OCC)cc4)o3)c(=O)n2[C@@H]1c1ccc(OCC)cc1. The summed E-state index contributed by atoms with van der Waals surface area (Å²) in [6, 6.07) is 17.1. The Labute approximate surface area is 246 Å². The number of hydrogen-bond acceptors (Lipinski definition) is 9. The maximum atomic E-state index is 13.8. The van der Waals surface area contributed by atoms with Crippen molar-refractivity contribution < 1.29 is 28.2 Å². The van der Waals surface area contributed by atoms with E-state index in [-0.39, 0.29) is 18.1 Å². The maximum Gasteiger partial charge on any atom is 0.338 e. The monoisotopic (exact) mass is 586 g/mol. The predicted octanol–water partition coefficient (Wildman–Crippen LogP) is 4.63. The number of rotatable bonds is 9. The lowest BCUT2D eigenvalue weighted by Crippen LogP contribution is -2.39. The maximum absolute atomic E-state index is 13.8. The number of furan rings is 1. The molecule has 5 rings (SSSR count). The molecular formula is C32H30N2O7S. The number of fused-ring (bicyclic) bond motifs is 1. The highest BCUT2D eigenvalue weighted by molar-refractivity contribution is 7.07. The van der Waals surface area contributed by atoms with Gasteiger partial charge in [-0.3, -0.25) is 9.36 Å². The molecule has 1 atom stereocenters. The van der Waals surface area contributed by atoms with Crippen LogP contribution < -0.4 is 19.6 Å². The summed E-state index contributed by atoms with van der Waals surface area (Å²) in [7, 11) is 0. The van der Waals surface area contributed by atoms with E-state index < -0.39 is 12.0 Å². The molecule has 2 aromatic heterocycles. The van der Waals surface area contributed by atoms with Crippen molar-refractivity contribution in [3.05, 3.63) is 109 Å². The number of nitrogens with zero attached hydrogens (tertiary/aromatic N) is 2. The number of carbonyl (C=O) groups excluding carboxylic acids is 2. The van der Waals surface area contributed by atoms with Crippen molar-refractivity contribution in [3.8, 4) is 17.1 Å². The molecule has 0 unspecified atom stereocenters. The van der Waals surface area contributed by atoms with Gasteiger partial charge in [-0.05, 0) is 69.7 Å². The molecule has 216 valence electrons. The number of benzene rings is 2. The molecule has 0 spiro atoms. The van der Waals surface area contributed by atoms with Crippen LogP contribution in [0.5, 0.6) is 5.75 Å². The number of thiazole rings is 1. The molecule has 0 N–H and O–H groups in total. The number of esters is 2. The lowest BCUT2D eigenvalue weighted by molar-refractivity contribution is -0.139. The molecule has 0 saturated heterocycles. The number of allylic oxidation sites excluding steroid dienone is 1. The van der Waals surface area contributed by atoms with Crippen molar-refractivity contribution in [1.82, 2.24) is 4.57 Å². The van der Waals surface area contributed by atoms with Crippen molar-refractivity contribution in [1.29, 1.82) is 0 Å². The van der Waals surface area contributed by atoms with Crippen LogP contribution in [-0.2, 0) is 14.3 Å². The zero-order valence-corrected chi connectivity index (χ0v) is 24.5. The number of hydrogen-bond donors (Lipinski definition) is 0. The highest BCUT2D eigenvalue weighted by Crippen LogP contribution is 2.32. The van der Waals surface area contributed by atoms with Crippen molar-refractivity contribution in [2.45, 2.75) is 33.7 Å². The molecule has 0 amide bonds. The largest absolute Gasteiger partial charge is 0.494 e. The summed E-state index contributed by atoms with van der Waals surface area (Å²) >= 11 is 1.22. The molecule has 3 heterocycles. The second kappa shape index (κ2) is 12.4. The van der Waals surface area contributed by atoms with E-state index in [1.165, 1.54) is 15.9 Å². The number of carbonyl (C=O) groups is 2. The highest BCUT2D eigenvalue weighted by Gasteiger charge is 2.33. The van der Waals surface area contributed by atoms with E-state index in [4.69, 9.17) is 18.6 Å². The smallest absolute Gasteiger partial charge is 0.338 e. The average molecular weight is 587 g/mol. The van der Waals surface area contributed by atoms with Gasteiger partial charge in [0.2, 0.25) is 0 Å². The fraction of sp³-hybridized carbons (Fsp3) is 0.250. The lowest BCUT2D eigenvalue weighted by atomic mass is 9.96. The van der Waals surface area contributed by atoms with E-state index in [1.807, 2.05) is 31.2 Å². The minimum Gasteiger partial charge on any atom is -0.494 e. The Hall–Kier alpha value is -4.70. The normalized spacial score (nSPS) is 14.8. The summed E-state index contributed by atoms with van der Waals surface area (Å²) in [4.78, 5) is 44.0. The molecule has 42 heavy (non-hydrogen) atoms. The van der Waals surface area contributed by atoms with Crippen molar-refractivity contribution in [2.24, 2.45) is 4.99 Å². The van der Waals surface area contributed by atoms with Gasteiger partial charge in [0, 0.05) is 11.6 Å². The first-order valence-electron chi connectivity index (χ1n) is 13.6. The number of aromatic nitrogens is 1. The van der Waals surface area contributed by atoms with Gasteiger partial charge in [-0.2, -0.15) is 0 Å². The Morgan fingerprint density at radius 1 is 0.929 bits per heavy atom. The van der Waals surface area contributed by atoms with E-state index in [0.717, 1.165) is 11.1 Å². The summed E-state index contributed by atoms with van der Waals surface area (Å²) in [6.45, 7) is 8.17. The standard InChI is InChI=1S/C32H30N2O7S/c1-5-38-23-14-12-21(13-15-23)28-27(31(37)40-7-3)19(4)33-32-34(28)29(35)26(42-32)18-24-16-17-25(41-24)20-8-10-22(11-9-20)30(36)39-6-2/h8-18,28H,5-7H2,1-4H3/b26-18-/t28-/m1/s1. The third-order valence-corrected chi connectivity index (χ3v) is 7.59. The molecule has 0 bridgehead atoms. The van der Waals surface area contributed by atoms with Gasteiger partial charge in [-0.15, -0.1) is 0 Å². The van der Waals surface area contributed by atoms with Gasteiger partial charge >= 0.3 is 11.9 Å². The van der Waals surface area contributed by atoms with Gasteiger partial charge in [0.25, 0.3) is 5.56 Å². The van der Waals surface area contributed by atoms with Crippen molar-refractivity contribution in [3.63, 3.8) is 0 Å². The first kappa shape index (κ1) is 28.8. The van der Waals surface area contributed by atoms with E-state index in [9.17, 15) is 14.4 Å². The van der Waals surface area contributed by atoms with Gasteiger partial charge in [-0.1, -0.05) is 35.6 Å². The molecule has 0 aliphatic carbocycles. The third kappa shape index (κ3) is 5.71. The van der Waals surface area contributed by atoms with Crippen LogP contribution in [0.4, 0.5) is 0 Å². The minimum atomic E-state index is -0.719. The topological polar surface area (TPSA) is 109 Å². The van der Waals surface area contributed by atoms with Gasteiger partial charge in [0.15, 0.2) is 4.80 Å². The molecule has 10 heteroatoms. The van der Waals surface area contributed by atoms with Crippen LogP contribution in [-0.4, -0.2) is 36.3 Å². The zero-order valence-electron chi connectivity index (χ0n) is 23.7. The Kier molecular flexibility index (Phi) is 8.53. The van der Waals surface area contributed by atoms with Crippen LogP contribution in [0, 0.1) is 0 Å². The summed E-state index contributed by atoms with van der Waals surface area (Å²) in [5.74, 6) is 0.845. The summed E-state index contributed by atoms with van der Waals surface area (Å²) < 4.78 is 23.9. The third-order valence-electron chi connectivity index (χ3n) is 6.60. The summed E-state index contributed by atoms with van der Waals surface area (Å²) in [5, 5.41) is 0. The predicted molar refractivity (Wildman–Crippen MR) is 158 cm³/mol. The summed E-state index contributed by atoms with van der Waals surface area (Å²) in [6.07, 6.45) is 1.67. The number of ether oxygens (including phenoxy) is 3. The summed E-state index contributed by atoms with van der Waals surface area (Å²) in [5.41, 5.74) is 2.46. The zero-order chi connectivity index (χ0) is 29.8. The minimum absolute atomic E-state index is 0.197. The second-order valence-electron chi connectivity index (χ2n) is 9.30. The van der Waals surface area contributed by atoms with Gasteiger partial charge in [0.05, 0.1) is 47.2 Å². The fourth-order valence-electron chi connectivity index (χ4n) is 4.72. The molecule has 0 fully saturated rings. The molecule has 4 aromatic rings. The van der Waals surface area contributed by atoms with Crippen LogP contribution in [0.3, 0.4) is 0 Å². The Morgan fingerprint density at radius 2 is 1.62 bits per heavy atom. The molecular weight excluding hydrogens is 556 g/mol. The van der Waals surface area contributed by atoms with Crippen LogP contribution in [0.2, 0.25) is 0 Å². The van der Waals surface area contributed by atoms with Crippen LogP contribution >= 0.6 is 11.3 Å². The molecule has 9 nitrogen and oxygen atoms in total. The van der Waals surface area contributed by atoms with Crippen molar-refractivity contribution in [2.75, 3.05) is 19.8 Å². The average Bonchev–Trinajstić information content (AvgIpc) is 3.57. The van der Waals surface area contributed by atoms with E-state index in [1.54, 1.807) is 63.2 Å². The first-order valence-corrected chi connectivity index (χ1v) is 14.5. The van der Waals surface area contributed by atoms with Gasteiger partial charge in [-0.25, -0.2) is 14.6 Å². The van der Waals surface area contributed by atoms with Crippen LogP contribution in [0.25, 0.3) is 17.4 Å². The van der Waals surface area contributed by atoms with Gasteiger partial charge in [0.1, 0.15) is 17.3 Å². The lowest BCUT2D eigenvalue weighted by Gasteiger charge is -2.24. The van der Waals surface area contributed by atoms with Gasteiger partial charge < -0.3 is 18.6 Å². The van der Waals surface area contributed by atoms with E-state index in [2.05, 4.69) is 4.99 Å². The van der Waals surface area contributed by atoms with E-state index in [0.29, 0.717) is 56.7 Å². The molecule has 0 radical (unpaired) electrons. The van der Waals surface area contributed by atoms with Crippen molar-refractivity contribution >= 4 is 29.4 Å². The highest BCUT2D eigenvalue weighted by atomic mass is 32.1. The first-order chi connectivity index (χ1) is 20.3. The second-order valence-corrected chi connectivity index (χ2v) is 10.3. The van der Waals surface area contributed by atoms with Crippen LogP contribution in [0.1, 0.15) is 55.4 Å². The van der Waals surface area contributed by atoms with E-state index >= 15 is 0 Å². The Morgan fingerprint density at radius 3 is 2.29 bits per heavy atom. The molecule has 0 saturated carbocycles.